The summed E-state index contributed by atoms with van der Waals surface area (Å²) in [5.74, 6) is -0.139. The molecule has 1 aliphatic heterocycles. The molecular weight excluding hydrogens is 406 g/mol. The Balaban J connectivity index is 1.76. The maximum absolute atomic E-state index is 12.4. The summed E-state index contributed by atoms with van der Waals surface area (Å²) in [6, 6.07) is 16.7. The molecule has 1 saturated heterocycles. The van der Waals surface area contributed by atoms with E-state index in [1.807, 2.05) is 36.4 Å². The van der Waals surface area contributed by atoms with E-state index in [4.69, 9.17) is 12.2 Å². The minimum Gasteiger partial charge on any atom is -0.292 e. The lowest BCUT2D eigenvalue weighted by molar-refractivity contribution is 0.0973. The molecule has 0 radical (unpaired) electrons. The molecule has 1 heterocycles. The van der Waals surface area contributed by atoms with Gasteiger partial charge in [-0.25, -0.2) is 0 Å². The first-order valence-corrected chi connectivity index (χ1v) is 9.15. The van der Waals surface area contributed by atoms with Crippen LogP contribution >= 0.6 is 39.9 Å². The highest BCUT2D eigenvalue weighted by molar-refractivity contribution is 9.10. The molecule has 1 fully saturated rings. The summed E-state index contributed by atoms with van der Waals surface area (Å²) >= 11 is 9.78. The molecule has 0 N–H and O–H groups in total. The molecule has 120 valence electrons. The molecule has 0 bridgehead atoms. The fraction of sp³-hybridized carbons (Fsp3) is 0.0556. The molecular formula is C18H12BrNO2S2. The number of hydrogen-bond donors (Lipinski definition) is 0. The van der Waals surface area contributed by atoms with Crippen LogP contribution in [-0.2, 0) is 0 Å². The fourth-order valence-electron chi connectivity index (χ4n) is 2.21. The largest absolute Gasteiger partial charge is 0.292 e. The lowest BCUT2D eigenvalue weighted by Gasteiger charge is -2.13. The van der Waals surface area contributed by atoms with E-state index < -0.39 is 0 Å². The van der Waals surface area contributed by atoms with Crippen molar-refractivity contribution in [3.8, 4) is 0 Å². The summed E-state index contributed by atoms with van der Waals surface area (Å²) in [7, 11) is 0. The zero-order chi connectivity index (χ0) is 17.1. The number of thioether (sulfide) groups is 1. The highest BCUT2D eigenvalue weighted by Gasteiger charge is 2.33. The van der Waals surface area contributed by atoms with E-state index >= 15 is 0 Å². The van der Waals surface area contributed by atoms with Gasteiger partial charge in [0.15, 0.2) is 5.78 Å². The number of ketones is 1. The number of thiocarbonyl (C=S) groups is 1. The number of hydrogen-bond acceptors (Lipinski definition) is 4. The lowest BCUT2D eigenvalue weighted by Crippen LogP contribution is -2.32. The summed E-state index contributed by atoms with van der Waals surface area (Å²) in [5.41, 5.74) is 1.52. The number of carbonyl (C=O) groups is 2. The second kappa shape index (κ2) is 7.42. The van der Waals surface area contributed by atoms with Gasteiger partial charge in [-0.2, -0.15) is 0 Å². The van der Waals surface area contributed by atoms with Crippen LogP contribution in [0.15, 0.2) is 64.0 Å². The molecule has 1 aliphatic rings. The van der Waals surface area contributed by atoms with Gasteiger partial charge in [-0.05, 0) is 35.5 Å². The Hall–Kier alpha value is -1.76. The summed E-state index contributed by atoms with van der Waals surface area (Å²) in [5, 5.41) is -0.215. The Bertz CT molecular complexity index is 832. The molecule has 3 rings (SSSR count). The first-order chi connectivity index (χ1) is 11.5. The van der Waals surface area contributed by atoms with Crippen LogP contribution in [-0.4, -0.2) is 27.5 Å². The number of carbonyl (C=O) groups excluding carboxylic acids is 2. The Morgan fingerprint density at radius 2 is 1.79 bits per heavy atom. The van der Waals surface area contributed by atoms with Crippen LogP contribution in [0.25, 0.3) is 6.08 Å². The fourth-order valence-corrected chi connectivity index (χ4v) is 3.71. The number of halogens is 1. The third-order valence-electron chi connectivity index (χ3n) is 3.44. The standard InChI is InChI=1S/C18H12BrNO2S2/c19-14-8-6-13(7-9-14)15(21)11-20-17(23)16(24-18(20)22)10-12-4-2-1-3-5-12/h1-10H,11H2/b16-10+. The van der Waals surface area contributed by atoms with E-state index in [9.17, 15) is 9.59 Å². The molecule has 0 aromatic heterocycles. The zero-order valence-corrected chi connectivity index (χ0v) is 15.7. The van der Waals surface area contributed by atoms with Gasteiger partial charge in [0.1, 0.15) is 4.99 Å². The smallest absolute Gasteiger partial charge is 0.292 e. The van der Waals surface area contributed by atoms with Crippen LogP contribution in [0.3, 0.4) is 0 Å². The van der Waals surface area contributed by atoms with Crippen molar-refractivity contribution in [2.45, 2.75) is 0 Å². The monoisotopic (exact) mass is 417 g/mol. The quantitative estimate of drug-likeness (QED) is 0.390. The molecule has 0 saturated carbocycles. The van der Waals surface area contributed by atoms with Crippen LogP contribution in [0.5, 0.6) is 0 Å². The Morgan fingerprint density at radius 3 is 2.46 bits per heavy atom. The van der Waals surface area contributed by atoms with Gasteiger partial charge in [0.2, 0.25) is 0 Å². The molecule has 0 spiro atoms. The van der Waals surface area contributed by atoms with Crippen molar-refractivity contribution in [1.29, 1.82) is 0 Å². The summed E-state index contributed by atoms with van der Waals surface area (Å²) in [6.07, 6.45) is 1.87. The number of nitrogens with zero attached hydrogens (tertiary/aromatic N) is 1. The highest BCUT2D eigenvalue weighted by atomic mass is 79.9. The third-order valence-corrected chi connectivity index (χ3v) is 5.46. The Kier molecular flexibility index (Phi) is 5.28. The molecule has 0 unspecified atom stereocenters. The maximum Gasteiger partial charge on any atom is 0.292 e. The first kappa shape index (κ1) is 17.1. The van der Waals surface area contributed by atoms with E-state index in [1.165, 1.54) is 4.90 Å². The maximum atomic E-state index is 12.4. The third kappa shape index (κ3) is 3.83. The van der Waals surface area contributed by atoms with Crippen molar-refractivity contribution in [3.05, 3.63) is 75.1 Å². The van der Waals surface area contributed by atoms with E-state index in [0.717, 1.165) is 21.8 Å². The summed E-state index contributed by atoms with van der Waals surface area (Å²) < 4.78 is 0.899. The van der Waals surface area contributed by atoms with E-state index in [1.54, 1.807) is 24.3 Å². The van der Waals surface area contributed by atoms with Gasteiger partial charge < -0.3 is 0 Å². The van der Waals surface area contributed by atoms with E-state index in [2.05, 4.69) is 15.9 Å². The predicted molar refractivity (Wildman–Crippen MR) is 105 cm³/mol. The van der Waals surface area contributed by atoms with Crippen molar-refractivity contribution in [2.75, 3.05) is 6.54 Å². The van der Waals surface area contributed by atoms with E-state index in [-0.39, 0.29) is 17.6 Å². The molecule has 3 nitrogen and oxygen atoms in total. The van der Waals surface area contributed by atoms with Crippen molar-refractivity contribution in [3.63, 3.8) is 0 Å². The molecule has 24 heavy (non-hydrogen) atoms. The van der Waals surface area contributed by atoms with Gasteiger partial charge in [0, 0.05) is 10.0 Å². The number of Topliss-reactive ketones (excluding diaryl/α,β-unsaturated/α-hetero) is 1. The second-order valence-corrected chi connectivity index (χ2v) is 7.40. The van der Waals surface area contributed by atoms with Gasteiger partial charge >= 0.3 is 0 Å². The predicted octanol–water partition coefficient (Wildman–Crippen LogP) is 5.17. The molecule has 0 atom stereocenters. The minimum atomic E-state index is -0.215. The molecule has 2 aromatic carbocycles. The molecule has 1 amide bonds. The molecule has 6 heteroatoms. The van der Waals surface area contributed by atoms with Crippen molar-refractivity contribution < 1.29 is 9.59 Å². The number of amides is 1. The lowest BCUT2D eigenvalue weighted by atomic mass is 10.1. The summed E-state index contributed by atoms with van der Waals surface area (Å²) in [4.78, 5) is 27.0. The number of rotatable bonds is 4. The topological polar surface area (TPSA) is 37.4 Å². The highest BCUT2D eigenvalue weighted by Crippen LogP contribution is 2.33. The molecule has 2 aromatic rings. The number of benzene rings is 2. The van der Waals surface area contributed by atoms with Gasteiger partial charge in [0.05, 0.1) is 11.4 Å². The van der Waals surface area contributed by atoms with Crippen LogP contribution in [0, 0.1) is 0 Å². The normalized spacial score (nSPS) is 16.0. The average molecular weight is 418 g/mol. The minimum absolute atomic E-state index is 0.0432. The molecule has 0 aliphatic carbocycles. The van der Waals surface area contributed by atoms with Crippen molar-refractivity contribution in [2.24, 2.45) is 0 Å². The van der Waals surface area contributed by atoms with Crippen LogP contribution < -0.4 is 0 Å². The zero-order valence-electron chi connectivity index (χ0n) is 12.4. The van der Waals surface area contributed by atoms with Gasteiger partial charge in [-0.1, -0.05) is 70.6 Å². The van der Waals surface area contributed by atoms with Gasteiger partial charge in [-0.15, -0.1) is 0 Å². The van der Waals surface area contributed by atoms with E-state index in [0.29, 0.717) is 15.5 Å². The van der Waals surface area contributed by atoms with Crippen LogP contribution in [0.2, 0.25) is 0 Å². The van der Waals surface area contributed by atoms with Crippen molar-refractivity contribution >= 4 is 62.0 Å². The van der Waals surface area contributed by atoms with Crippen LogP contribution in [0.4, 0.5) is 4.79 Å². The summed E-state index contributed by atoms with van der Waals surface area (Å²) in [6.45, 7) is -0.0432. The van der Waals surface area contributed by atoms with Crippen LogP contribution in [0.1, 0.15) is 15.9 Å². The second-order valence-electron chi connectivity index (χ2n) is 5.11. The Morgan fingerprint density at radius 1 is 1.12 bits per heavy atom. The first-order valence-electron chi connectivity index (χ1n) is 7.14. The van der Waals surface area contributed by atoms with Gasteiger partial charge in [0.25, 0.3) is 5.24 Å². The van der Waals surface area contributed by atoms with Crippen molar-refractivity contribution in [1.82, 2.24) is 4.90 Å². The Labute approximate surface area is 157 Å². The average Bonchev–Trinajstić information content (AvgIpc) is 2.84. The van der Waals surface area contributed by atoms with Gasteiger partial charge in [-0.3, -0.25) is 14.5 Å². The SMILES string of the molecule is O=C(CN1C(=O)S/C(=C/c2ccccc2)C1=S)c1ccc(Br)cc1.